The van der Waals surface area contributed by atoms with E-state index < -0.39 is 5.91 Å². The summed E-state index contributed by atoms with van der Waals surface area (Å²) in [5.74, 6) is 0.178. The fourth-order valence-corrected chi connectivity index (χ4v) is 2.80. The van der Waals surface area contributed by atoms with Gasteiger partial charge in [0, 0.05) is 10.7 Å². The van der Waals surface area contributed by atoms with Crippen LogP contribution in [0.2, 0.25) is 10.0 Å². The molecule has 0 radical (unpaired) electrons. The summed E-state index contributed by atoms with van der Waals surface area (Å²) >= 11 is 12.3. The summed E-state index contributed by atoms with van der Waals surface area (Å²) in [5.41, 5.74) is 1.66. The van der Waals surface area contributed by atoms with Gasteiger partial charge < -0.3 is 14.8 Å². The Bertz CT molecular complexity index is 978. The number of nitriles is 1. The molecule has 1 N–H and O–H groups in total. The maximum Gasteiger partial charge on any atom is 0.266 e. The van der Waals surface area contributed by atoms with E-state index in [2.05, 4.69) is 11.9 Å². The Labute approximate surface area is 173 Å². The second kappa shape index (κ2) is 9.84. The monoisotopic (exact) mass is 416 g/mol. The van der Waals surface area contributed by atoms with E-state index in [1.165, 1.54) is 13.2 Å². The number of benzene rings is 2. The van der Waals surface area contributed by atoms with Gasteiger partial charge in [0.1, 0.15) is 18.2 Å². The predicted octanol–water partition coefficient (Wildman–Crippen LogP) is 5.42. The van der Waals surface area contributed by atoms with Crippen LogP contribution < -0.4 is 14.8 Å². The molecule has 0 atom stereocenters. The molecule has 0 spiro atoms. The van der Waals surface area contributed by atoms with E-state index in [1.807, 2.05) is 6.07 Å². The zero-order valence-electron chi connectivity index (χ0n) is 15.4. The van der Waals surface area contributed by atoms with Gasteiger partial charge in [0.15, 0.2) is 11.5 Å². The molecular weight excluding hydrogens is 399 g/mol. The molecule has 1 amide bonds. The van der Waals surface area contributed by atoms with Crippen molar-refractivity contribution >= 4 is 40.9 Å². The number of halogens is 2. The van der Waals surface area contributed by atoms with Crippen molar-refractivity contribution in [2.45, 2.75) is 6.92 Å². The Kier molecular flexibility index (Phi) is 7.51. The Balaban J connectivity index is 2.34. The highest BCUT2D eigenvalue weighted by Gasteiger charge is 2.15. The van der Waals surface area contributed by atoms with Gasteiger partial charge in [0.25, 0.3) is 5.91 Å². The number of rotatable bonds is 7. The lowest BCUT2D eigenvalue weighted by molar-refractivity contribution is -0.112. The van der Waals surface area contributed by atoms with E-state index in [0.29, 0.717) is 33.3 Å². The number of hydrogen-bond acceptors (Lipinski definition) is 4. The van der Waals surface area contributed by atoms with Crippen molar-refractivity contribution < 1.29 is 14.3 Å². The molecule has 0 heterocycles. The number of carbonyl (C=O) groups excluding carboxylic acids is 1. The van der Waals surface area contributed by atoms with E-state index in [0.717, 1.165) is 0 Å². The highest BCUT2D eigenvalue weighted by molar-refractivity contribution is 6.32. The molecule has 0 bridgehead atoms. The van der Waals surface area contributed by atoms with Gasteiger partial charge in [0.2, 0.25) is 0 Å². The maximum atomic E-state index is 12.5. The molecular formula is C21H18Cl2N2O3. The first-order valence-electron chi connectivity index (χ1n) is 8.20. The molecule has 5 nitrogen and oxygen atoms in total. The third kappa shape index (κ3) is 5.07. The van der Waals surface area contributed by atoms with Crippen LogP contribution in [0.3, 0.4) is 0 Å². The highest BCUT2D eigenvalue weighted by atomic mass is 35.5. The number of hydrogen-bond donors (Lipinski definition) is 1. The number of carbonyl (C=O) groups is 1. The number of amides is 1. The van der Waals surface area contributed by atoms with E-state index in [4.69, 9.17) is 32.7 Å². The minimum atomic E-state index is -0.560. The second-order valence-corrected chi connectivity index (χ2v) is 6.48. The normalized spacial score (nSPS) is 10.8. The first-order chi connectivity index (χ1) is 13.4. The van der Waals surface area contributed by atoms with E-state index in [9.17, 15) is 10.1 Å². The zero-order valence-corrected chi connectivity index (χ0v) is 16.9. The first-order valence-corrected chi connectivity index (χ1v) is 8.96. The van der Waals surface area contributed by atoms with Crippen LogP contribution in [0.4, 0.5) is 5.69 Å². The van der Waals surface area contributed by atoms with Crippen molar-refractivity contribution in [1.82, 2.24) is 0 Å². The average molecular weight is 417 g/mol. The Hall–Kier alpha value is -2.94. The zero-order chi connectivity index (χ0) is 20.7. The molecule has 144 valence electrons. The van der Waals surface area contributed by atoms with Crippen molar-refractivity contribution in [2.75, 3.05) is 19.0 Å². The Morgan fingerprint density at radius 2 is 2.07 bits per heavy atom. The Morgan fingerprint density at radius 1 is 1.32 bits per heavy atom. The van der Waals surface area contributed by atoms with Crippen LogP contribution in [0.1, 0.15) is 11.1 Å². The molecule has 0 saturated carbocycles. The lowest BCUT2D eigenvalue weighted by Crippen LogP contribution is -2.14. The van der Waals surface area contributed by atoms with Crippen molar-refractivity contribution in [2.24, 2.45) is 0 Å². The van der Waals surface area contributed by atoms with Crippen molar-refractivity contribution in [3.8, 4) is 17.6 Å². The number of ether oxygens (including phenoxy) is 2. The molecule has 2 aromatic carbocycles. The smallest absolute Gasteiger partial charge is 0.266 e. The van der Waals surface area contributed by atoms with Crippen LogP contribution in [-0.2, 0) is 4.79 Å². The van der Waals surface area contributed by atoms with Gasteiger partial charge >= 0.3 is 0 Å². The molecule has 2 aromatic rings. The standard InChI is InChI=1S/C21H18Cl2N2O3/c1-4-8-28-20-17(23)10-14(11-19(20)27-3)9-15(12-24)21(26)25-18-7-5-6-16(22)13(18)2/h4-7,9-11H,1,8H2,2-3H3,(H,25,26)/b15-9-. The third-order valence-electron chi connectivity index (χ3n) is 3.79. The SMILES string of the molecule is C=CCOc1c(Cl)cc(/C=C(/C#N)C(=O)Nc2cccc(Cl)c2C)cc1OC. The van der Waals surface area contributed by atoms with E-state index in [1.54, 1.807) is 43.3 Å². The average Bonchev–Trinajstić information content (AvgIpc) is 2.68. The molecule has 0 aliphatic carbocycles. The van der Waals surface area contributed by atoms with E-state index >= 15 is 0 Å². The largest absolute Gasteiger partial charge is 0.493 e. The first kappa shape index (κ1) is 21.4. The van der Waals surface area contributed by atoms with Gasteiger partial charge in [-0.3, -0.25) is 4.79 Å². The molecule has 0 aliphatic rings. The lowest BCUT2D eigenvalue weighted by Gasteiger charge is -2.12. The van der Waals surface area contributed by atoms with Crippen molar-refractivity contribution in [3.05, 3.63) is 69.7 Å². The summed E-state index contributed by atoms with van der Waals surface area (Å²) in [6, 6.07) is 10.2. The summed E-state index contributed by atoms with van der Waals surface area (Å²) in [5, 5.41) is 12.9. The summed E-state index contributed by atoms with van der Waals surface area (Å²) in [6.45, 7) is 5.63. The van der Waals surface area contributed by atoms with Gasteiger partial charge in [-0.05, 0) is 48.4 Å². The van der Waals surface area contributed by atoms with E-state index in [-0.39, 0.29) is 17.2 Å². The predicted molar refractivity (Wildman–Crippen MR) is 112 cm³/mol. The summed E-state index contributed by atoms with van der Waals surface area (Å²) in [4.78, 5) is 12.5. The highest BCUT2D eigenvalue weighted by Crippen LogP contribution is 2.37. The van der Waals surface area contributed by atoms with Crippen LogP contribution in [0.15, 0.2) is 48.6 Å². The van der Waals surface area contributed by atoms with Crippen LogP contribution in [0, 0.1) is 18.3 Å². The molecule has 0 aliphatic heterocycles. The summed E-state index contributed by atoms with van der Waals surface area (Å²) in [7, 11) is 1.47. The molecule has 2 rings (SSSR count). The van der Waals surface area contributed by atoms with Gasteiger partial charge in [-0.1, -0.05) is 41.9 Å². The molecule has 0 saturated heterocycles. The van der Waals surface area contributed by atoms with Crippen molar-refractivity contribution in [3.63, 3.8) is 0 Å². The van der Waals surface area contributed by atoms with Crippen LogP contribution in [0.25, 0.3) is 6.08 Å². The molecule has 0 unspecified atom stereocenters. The number of nitrogens with zero attached hydrogens (tertiary/aromatic N) is 1. The minimum Gasteiger partial charge on any atom is -0.493 e. The van der Waals surface area contributed by atoms with Crippen LogP contribution in [0.5, 0.6) is 11.5 Å². The minimum absolute atomic E-state index is 0.0998. The number of nitrogens with one attached hydrogen (secondary N) is 1. The van der Waals surface area contributed by atoms with Gasteiger partial charge in [-0.15, -0.1) is 0 Å². The lowest BCUT2D eigenvalue weighted by atomic mass is 10.1. The fraction of sp³-hybridized carbons (Fsp3) is 0.143. The third-order valence-corrected chi connectivity index (χ3v) is 4.48. The second-order valence-electron chi connectivity index (χ2n) is 5.67. The van der Waals surface area contributed by atoms with Crippen LogP contribution in [-0.4, -0.2) is 19.6 Å². The molecule has 28 heavy (non-hydrogen) atoms. The number of methoxy groups -OCH3 is 1. The number of anilines is 1. The van der Waals surface area contributed by atoms with Crippen molar-refractivity contribution in [1.29, 1.82) is 5.26 Å². The maximum absolute atomic E-state index is 12.5. The topological polar surface area (TPSA) is 71.3 Å². The molecule has 0 fully saturated rings. The summed E-state index contributed by atoms with van der Waals surface area (Å²) < 4.78 is 10.8. The molecule has 0 aromatic heterocycles. The van der Waals surface area contributed by atoms with Gasteiger partial charge in [-0.2, -0.15) is 5.26 Å². The van der Waals surface area contributed by atoms with Gasteiger partial charge in [0.05, 0.1) is 12.1 Å². The Morgan fingerprint density at radius 3 is 2.71 bits per heavy atom. The quantitative estimate of drug-likeness (QED) is 0.371. The molecule has 7 heteroatoms. The van der Waals surface area contributed by atoms with Gasteiger partial charge in [-0.25, -0.2) is 0 Å². The fourth-order valence-electron chi connectivity index (χ4n) is 2.35. The summed E-state index contributed by atoms with van der Waals surface area (Å²) in [6.07, 6.45) is 3.00. The van der Waals surface area contributed by atoms with Crippen LogP contribution >= 0.6 is 23.2 Å².